The number of benzene rings is 3. The highest BCUT2D eigenvalue weighted by molar-refractivity contribution is 6.37. The maximum Gasteiger partial charge on any atom is 0.152 e. The van der Waals surface area contributed by atoms with Crippen molar-refractivity contribution >= 4 is 29.0 Å². The van der Waals surface area contributed by atoms with Gasteiger partial charge in [-0.15, -0.1) is 10.2 Å². The molecule has 7 heteroatoms. The zero-order valence-corrected chi connectivity index (χ0v) is 19.5. The van der Waals surface area contributed by atoms with E-state index in [0.717, 1.165) is 17.7 Å². The number of ether oxygens (including phenoxy) is 1. The molecule has 0 saturated carbocycles. The molecular weight excluding hydrogens is 457 g/mol. The van der Waals surface area contributed by atoms with Crippen LogP contribution in [0, 0.1) is 0 Å². The maximum atomic E-state index is 9.71. The number of phenols is 1. The van der Waals surface area contributed by atoms with Crippen LogP contribution in [0.2, 0.25) is 10.0 Å². The van der Waals surface area contributed by atoms with Crippen molar-refractivity contribution < 1.29 is 9.84 Å². The first-order chi connectivity index (χ1) is 16.0. The molecule has 0 spiro atoms. The Labute approximate surface area is 203 Å². The van der Waals surface area contributed by atoms with Crippen LogP contribution in [0.5, 0.6) is 11.5 Å². The van der Waals surface area contributed by atoms with Crippen molar-refractivity contribution in [2.24, 2.45) is 0 Å². The van der Waals surface area contributed by atoms with Gasteiger partial charge in [0.15, 0.2) is 5.75 Å². The van der Waals surface area contributed by atoms with Crippen LogP contribution in [-0.4, -0.2) is 21.3 Å². The van der Waals surface area contributed by atoms with E-state index in [0.29, 0.717) is 23.7 Å². The van der Waals surface area contributed by atoms with Crippen molar-refractivity contribution in [1.29, 1.82) is 0 Å². The lowest BCUT2D eigenvalue weighted by Gasteiger charge is -2.15. The minimum atomic E-state index is -0.141. The smallest absolute Gasteiger partial charge is 0.152 e. The first kappa shape index (κ1) is 22.9. The Balaban J connectivity index is 1.31. The first-order valence-electron chi connectivity index (χ1n) is 10.5. The van der Waals surface area contributed by atoms with Gasteiger partial charge in [-0.05, 0) is 60.9 Å². The summed E-state index contributed by atoms with van der Waals surface area (Å²) >= 11 is 12.0. The van der Waals surface area contributed by atoms with Gasteiger partial charge in [-0.2, -0.15) is 0 Å². The van der Waals surface area contributed by atoms with Crippen molar-refractivity contribution in [2.45, 2.75) is 26.0 Å². The van der Waals surface area contributed by atoms with E-state index in [-0.39, 0.29) is 21.8 Å². The van der Waals surface area contributed by atoms with Crippen molar-refractivity contribution in [3.05, 3.63) is 100 Å². The van der Waals surface area contributed by atoms with Gasteiger partial charge < -0.3 is 15.2 Å². The van der Waals surface area contributed by atoms with E-state index >= 15 is 0 Å². The number of nitrogens with zero attached hydrogens (tertiary/aromatic N) is 2. The van der Waals surface area contributed by atoms with Crippen molar-refractivity contribution in [2.75, 3.05) is 5.32 Å². The molecule has 0 aliphatic heterocycles. The molecule has 1 aromatic heterocycles. The van der Waals surface area contributed by atoms with E-state index in [1.54, 1.807) is 12.1 Å². The third-order valence-electron chi connectivity index (χ3n) is 5.09. The molecule has 0 bridgehead atoms. The minimum Gasteiger partial charge on any atom is -0.505 e. The zero-order chi connectivity index (χ0) is 23.2. The summed E-state index contributed by atoms with van der Waals surface area (Å²) in [7, 11) is 0. The average Bonchev–Trinajstić information content (AvgIpc) is 2.83. The molecule has 4 aromatic rings. The summed E-state index contributed by atoms with van der Waals surface area (Å²) in [5.74, 6) is 1.38. The fraction of sp³-hybridized carbons (Fsp3) is 0.154. The largest absolute Gasteiger partial charge is 0.505 e. The lowest BCUT2D eigenvalue weighted by Crippen LogP contribution is -2.19. The number of aromatic hydroxyl groups is 1. The summed E-state index contributed by atoms with van der Waals surface area (Å²) in [4.78, 5) is 0. The molecule has 0 aliphatic carbocycles. The van der Waals surface area contributed by atoms with E-state index < -0.39 is 0 Å². The Morgan fingerprint density at radius 3 is 2.21 bits per heavy atom. The molecule has 1 heterocycles. The molecule has 168 valence electrons. The Morgan fingerprint density at radius 1 is 0.879 bits per heavy atom. The molecule has 1 unspecified atom stereocenters. The second-order valence-corrected chi connectivity index (χ2v) is 8.57. The molecule has 5 nitrogen and oxygen atoms in total. The van der Waals surface area contributed by atoms with E-state index in [1.807, 2.05) is 54.6 Å². The second kappa shape index (κ2) is 10.6. The van der Waals surface area contributed by atoms with Crippen LogP contribution in [0.1, 0.15) is 18.1 Å². The number of phenolic OH excluding ortho intramolecular Hbond substituents is 1. The summed E-state index contributed by atoms with van der Waals surface area (Å²) in [5.41, 5.74) is 3.63. The summed E-state index contributed by atoms with van der Waals surface area (Å²) in [5, 5.41) is 21.9. The van der Waals surface area contributed by atoms with Crippen LogP contribution in [0.25, 0.3) is 11.3 Å². The molecule has 0 radical (unpaired) electrons. The van der Waals surface area contributed by atoms with Crippen molar-refractivity contribution in [1.82, 2.24) is 10.2 Å². The van der Waals surface area contributed by atoms with Gasteiger partial charge in [0.2, 0.25) is 0 Å². The molecule has 1 atom stereocenters. The van der Waals surface area contributed by atoms with Crippen molar-refractivity contribution in [3.8, 4) is 22.8 Å². The molecular formula is C26H23Cl2N3O2. The molecule has 4 rings (SSSR count). The highest BCUT2D eigenvalue weighted by Crippen LogP contribution is 2.35. The third-order valence-corrected chi connectivity index (χ3v) is 5.66. The van der Waals surface area contributed by atoms with Crippen LogP contribution in [0.3, 0.4) is 0 Å². The van der Waals surface area contributed by atoms with E-state index in [4.69, 9.17) is 27.9 Å². The van der Waals surface area contributed by atoms with Gasteiger partial charge in [0.1, 0.15) is 18.2 Å². The summed E-state index contributed by atoms with van der Waals surface area (Å²) in [6.45, 7) is 2.64. The number of aromatic nitrogens is 2. The maximum absolute atomic E-state index is 9.71. The Kier molecular flexibility index (Phi) is 7.33. The number of hydrogen-bond acceptors (Lipinski definition) is 5. The van der Waals surface area contributed by atoms with E-state index in [9.17, 15) is 5.11 Å². The summed E-state index contributed by atoms with van der Waals surface area (Å²) in [6.07, 6.45) is 0.825. The highest BCUT2D eigenvalue weighted by atomic mass is 35.5. The monoisotopic (exact) mass is 479 g/mol. The molecule has 33 heavy (non-hydrogen) atoms. The topological polar surface area (TPSA) is 67.3 Å². The molecule has 0 aliphatic rings. The van der Waals surface area contributed by atoms with E-state index in [1.165, 1.54) is 5.56 Å². The Hall–Kier alpha value is -3.28. The summed E-state index contributed by atoms with van der Waals surface area (Å²) in [6, 6.07) is 25.3. The number of rotatable bonds is 8. The van der Waals surface area contributed by atoms with Crippen LogP contribution in [-0.2, 0) is 13.0 Å². The van der Waals surface area contributed by atoms with Crippen LogP contribution in [0.15, 0.2) is 78.9 Å². The Bertz CT molecular complexity index is 1180. The quantitative estimate of drug-likeness (QED) is 0.291. The van der Waals surface area contributed by atoms with Gasteiger partial charge in [0.25, 0.3) is 0 Å². The first-order valence-corrected chi connectivity index (χ1v) is 11.3. The average molecular weight is 480 g/mol. The van der Waals surface area contributed by atoms with Gasteiger partial charge in [0.05, 0.1) is 15.7 Å². The van der Waals surface area contributed by atoms with Crippen molar-refractivity contribution in [3.63, 3.8) is 0 Å². The molecule has 0 saturated heterocycles. The highest BCUT2D eigenvalue weighted by Gasteiger charge is 2.11. The number of anilines is 1. The summed E-state index contributed by atoms with van der Waals surface area (Å²) < 4.78 is 5.85. The Morgan fingerprint density at radius 2 is 1.58 bits per heavy atom. The normalized spacial score (nSPS) is 11.7. The van der Waals surface area contributed by atoms with Gasteiger partial charge in [-0.1, -0.05) is 65.7 Å². The second-order valence-electron chi connectivity index (χ2n) is 7.76. The number of hydrogen-bond donors (Lipinski definition) is 2. The van der Waals surface area contributed by atoms with Crippen LogP contribution < -0.4 is 10.1 Å². The SMILES string of the molecule is CC(Cc1ccc(OCc2ccccc2)cc1)Nc1ccc(-c2cc(Cl)c(O)c(Cl)c2)nn1. The third kappa shape index (κ3) is 6.15. The number of halogens is 2. The zero-order valence-electron chi connectivity index (χ0n) is 18.0. The molecule has 0 fully saturated rings. The number of nitrogens with one attached hydrogen (secondary N) is 1. The lowest BCUT2D eigenvalue weighted by molar-refractivity contribution is 0.306. The van der Waals surface area contributed by atoms with E-state index in [2.05, 4.69) is 34.6 Å². The standard InChI is InChI=1S/C26H23Cl2N3O2/c1-17(13-18-7-9-21(10-8-18)33-16-19-5-3-2-4-6-19)29-25-12-11-24(30-31-25)20-14-22(27)26(32)23(28)15-20/h2-12,14-15,17,32H,13,16H2,1H3,(H,29,31). The predicted molar refractivity (Wildman–Crippen MR) is 133 cm³/mol. The van der Waals surface area contributed by atoms with Gasteiger partial charge in [-0.3, -0.25) is 0 Å². The van der Waals surface area contributed by atoms with Crippen LogP contribution in [0.4, 0.5) is 5.82 Å². The van der Waals surface area contributed by atoms with Gasteiger partial charge >= 0.3 is 0 Å². The lowest BCUT2D eigenvalue weighted by atomic mass is 10.1. The van der Waals surface area contributed by atoms with Crippen LogP contribution >= 0.6 is 23.2 Å². The predicted octanol–water partition coefficient (Wildman–Crippen LogP) is 6.78. The fourth-order valence-electron chi connectivity index (χ4n) is 3.40. The molecule has 2 N–H and O–H groups in total. The fourth-order valence-corrected chi connectivity index (χ4v) is 3.88. The van der Waals surface area contributed by atoms with Gasteiger partial charge in [0, 0.05) is 11.6 Å². The molecule has 3 aromatic carbocycles. The van der Waals surface area contributed by atoms with Gasteiger partial charge in [-0.25, -0.2) is 0 Å². The minimum absolute atomic E-state index is 0.141. The molecule has 0 amide bonds.